The molecule has 3 heteroatoms. The lowest BCUT2D eigenvalue weighted by atomic mass is 9.95. The average molecular weight is 297 g/mol. The van der Waals surface area contributed by atoms with Crippen LogP contribution >= 0.6 is 0 Å². The minimum absolute atomic E-state index is 0.0106. The first kappa shape index (κ1) is 15.0. The number of rotatable bonds is 4. The molecule has 1 aromatic carbocycles. The fourth-order valence-corrected chi connectivity index (χ4v) is 3.87. The summed E-state index contributed by atoms with van der Waals surface area (Å²) in [5.41, 5.74) is 3.01. The second kappa shape index (κ2) is 5.38. The fraction of sp³-hybridized carbons (Fsp3) is 0.474. The van der Waals surface area contributed by atoms with Gasteiger partial charge in [-0.15, -0.1) is 0 Å². The topological polar surface area (TPSA) is 46.2 Å². The minimum Gasteiger partial charge on any atom is -0.330 e. The van der Waals surface area contributed by atoms with Crippen LogP contribution in [0.2, 0.25) is 0 Å². The summed E-state index contributed by atoms with van der Waals surface area (Å²) in [4.78, 5) is 24.2. The Morgan fingerprint density at radius 2 is 1.95 bits per heavy atom. The van der Waals surface area contributed by atoms with Gasteiger partial charge < -0.3 is 5.32 Å². The molecule has 1 N–H and O–H groups in total. The van der Waals surface area contributed by atoms with Gasteiger partial charge in [-0.05, 0) is 36.2 Å². The molecule has 0 radical (unpaired) electrons. The van der Waals surface area contributed by atoms with Gasteiger partial charge in [-0.2, -0.15) is 0 Å². The number of carbonyl (C=O) groups is 2. The number of aryl methyl sites for hydroxylation is 1. The van der Waals surface area contributed by atoms with Crippen LogP contribution in [-0.4, -0.2) is 11.7 Å². The van der Waals surface area contributed by atoms with Crippen LogP contribution in [0.4, 0.5) is 0 Å². The second-order valence-corrected chi connectivity index (χ2v) is 7.11. The maximum absolute atomic E-state index is 12.1. The molecule has 0 aliphatic heterocycles. The molecule has 0 saturated heterocycles. The van der Waals surface area contributed by atoms with Crippen LogP contribution in [0.1, 0.15) is 39.2 Å². The monoisotopic (exact) mass is 297 g/mol. The quantitative estimate of drug-likeness (QED) is 0.867. The Balaban J connectivity index is 1.62. The first-order chi connectivity index (χ1) is 10.4. The zero-order valence-corrected chi connectivity index (χ0v) is 13.5. The van der Waals surface area contributed by atoms with Crippen LogP contribution in [-0.2, 0) is 16.0 Å². The van der Waals surface area contributed by atoms with Crippen molar-refractivity contribution in [2.75, 3.05) is 0 Å². The van der Waals surface area contributed by atoms with Gasteiger partial charge in [0.15, 0.2) is 5.78 Å². The highest BCUT2D eigenvalue weighted by atomic mass is 16.1. The van der Waals surface area contributed by atoms with E-state index in [1.54, 1.807) is 0 Å². The molecular weight excluding hydrogens is 274 g/mol. The van der Waals surface area contributed by atoms with E-state index in [1.165, 1.54) is 0 Å². The number of hydrogen-bond acceptors (Lipinski definition) is 2. The molecule has 2 aliphatic rings. The van der Waals surface area contributed by atoms with Crippen molar-refractivity contribution in [3.8, 4) is 0 Å². The highest BCUT2D eigenvalue weighted by Gasteiger charge is 2.65. The summed E-state index contributed by atoms with van der Waals surface area (Å²) < 4.78 is 0. The number of nitrogens with one attached hydrogen (secondary N) is 1. The molecule has 1 aromatic rings. The smallest absolute Gasteiger partial charge is 0.224 e. The summed E-state index contributed by atoms with van der Waals surface area (Å²) in [6.45, 7) is 6.28. The van der Waals surface area contributed by atoms with Gasteiger partial charge in [0, 0.05) is 24.1 Å². The van der Waals surface area contributed by atoms with E-state index in [0.29, 0.717) is 24.7 Å². The van der Waals surface area contributed by atoms with Crippen molar-refractivity contribution in [2.24, 2.45) is 17.3 Å². The van der Waals surface area contributed by atoms with Crippen LogP contribution in [0.15, 0.2) is 41.6 Å². The first-order valence-corrected chi connectivity index (χ1v) is 7.99. The lowest BCUT2D eigenvalue weighted by Crippen LogP contribution is -2.25. The predicted molar refractivity (Wildman–Crippen MR) is 86.0 cm³/mol. The largest absolute Gasteiger partial charge is 0.330 e. The van der Waals surface area contributed by atoms with Crippen molar-refractivity contribution in [3.63, 3.8) is 0 Å². The Labute approximate surface area is 131 Å². The van der Waals surface area contributed by atoms with Gasteiger partial charge in [-0.25, -0.2) is 0 Å². The van der Waals surface area contributed by atoms with Crippen molar-refractivity contribution in [3.05, 3.63) is 47.2 Å². The third-order valence-corrected chi connectivity index (χ3v) is 5.28. The Kier molecular flexibility index (Phi) is 3.67. The molecule has 116 valence electrons. The second-order valence-electron chi connectivity index (χ2n) is 7.11. The molecule has 2 fully saturated rings. The van der Waals surface area contributed by atoms with Crippen LogP contribution in [0, 0.1) is 17.3 Å². The van der Waals surface area contributed by atoms with E-state index in [2.05, 4.69) is 19.2 Å². The number of ketones is 1. The summed E-state index contributed by atoms with van der Waals surface area (Å²) in [6, 6.07) is 9.98. The standard InChI is InChI=1S/C19H23NO2/c1-12(17-15(21)11-14-18(17)19(14,2)3)20-16(22)10-9-13-7-5-4-6-8-13/h4-8,14,18H,9-11H2,1-3H3,(H,20,22)/t14-,18-/m1/s1. The maximum Gasteiger partial charge on any atom is 0.224 e. The molecule has 0 bridgehead atoms. The molecule has 2 atom stereocenters. The van der Waals surface area contributed by atoms with E-state index in [4.69, 9.17) is 0 Å². The van der Waals surface area contributed by atoms with E-state index < -0.39 is 0 Å². The third kappa shape index (κ3) is 2.60. The van der Waals surface area contributed by atoms with Crippen molar-refractivity contribution in [1.29, 1.82) is 0 Å². The van der Waals surface area contributed by atoms with E-state index in [1.807, 2.05) is 37.3 Å². The van der Waals surface area contributed by atoms with Crippen LogP contribution in [0.3, 0.4) is 0 Å². The maximum atomic E-state index is 12.1. The Morgan fingerprint density at radius 1 is 1.27 bits per heavy atom. The van der Waals surface area contributed by atoms with E-state index in [0.717, 1.165) is 23.3 Å². The fourth-order valence-electron chi connectivity index (χ4n) is 3.87. The number of carbonyl (C=O) groups excluding carboxylic acids is 2. The third-order valence-electron chi connectivity index (χ3n) is 5.28. The number of amides is 1. The lowest BCUT2D eigenvalue weighted by Gasteiger charge is -2.13. The highest BCUT2D eigenvalue weighted by molar-refractivity contribution is 6.01. The zero-order valence-electron chi connectivity index (χ0n) is 13.5. The molecule has 2 saturated carbocycles. The first-order valence-electron chi connectivity index (χ1n) is 7.99. The van der Waals surface area contributed by atoms with E-state index in [9.17, 15) is 9.59 Å². The SMILES string of the molecule is CC(NC(=O)CCc1ccccc1)=C1C(=O)C[C@@H]2[C@H]1C2(C)C. The summed E-state index contributed by atoms with van der Waals surface area (Å²) in [5.74, 6) is 1.03. The number of hydrogen-bond donors (Lipinski definition) is 1. The Morgan fingerprint density at radius 3 is 2.59 bits per heavy atom. The normalized spacial score (nSPS) is 27.3. The summed E-state index contributed by atoms with van der Waals surface area (Å²) in [5, 5.41) is 2.94. The number of Topliss-reactive ketones (excluding diaryl/α,β-unsaturated/α-hetero) is 1. The molecule has 3 rings (SSSR count). The number of benzene rings is 1. The Bertz CT molecular complexity index is 643. The van der Waals surface area contributed by atoms with Gasteiger partial charge >= 0.3 is 0 Å². The predicted octanol–water partition coefficient (Wildman–Crippen LogP) is 3.25. The minimum atomic E-state index is -0.0106. The number of allylic oxidation sites excluding steroid dienone is 2. The molecule has 0 unspecified atom stereocenters. The molecule has 0 spiro atoms. The van der Waals surface area contributed by atoms with Gasteiger partial charge in [0.25, 0.3) is 0 Å². The summed E-state index contributed by atoms with van der Waals surface area (Å²) >= 11 is 0. The van der Waals surface area contributed by atoms with Gasteiger partial charge in [0.1, 0.15) is 0 Å². The van der Waals surface area contributed by atoms with Gasteiger partial charge in [0.2, 0.25) is 5.91 Å². The molecule has 0 aromatic heterocycles. The van der Waals surface area contributed by atoms with E-state index >= 15 is 0 Å². The lowest BCUT2D eigenvalue weighted by molar-refractivity contribution is -0.120. The zero-order chi connectivity index (χ0) is 15.9. The number of fused-ring (bicyclic) bond motifs is 1. The average Bonchev–Trinajstić information content (AvgIpc) is 2.84. The van der Waals surface area contributed by atoms with Crippen LogP contribution in [0.25, 0.3) is 0 Å². The molecular formula is C19H23NO2. The molecule has 3 nitrogen and oxygen atoms in total. The summed E-state index contributed by atoms with van der Waals surface area (Å²) in [6.07, 6.45) is 1.81. The molecule has 2 aliphatic carbocycles. The molecule has 22 heavy (non-hydrogen) atoms. The van der Waals surface area contributed by atoms with Crippen molar-refractivity contribution in [2.45, 2.75) is 40.0 Å². The molecule has 1 amide bonds. The van der Waals surface area contributed by atoms with Gasteiger partial charge in [0.05, 0.1) is 0 Å². The van der Waals surface area contributed by atoms with Crippen molar-refractivity contribution < 1.29 is 9.59 Å². The van der Waals surface area contributed by atoms with Crippen LogP contribution < -0.4 is 5.32 Å². The van der Waals surface area contributed by atoms with Gasteiger partial charge in [-0.1, -0.05) is 44.2 Å². The Hall–Kier alpha value is -1.90. The van der Waals surface area contributed by atoms with Crippen molar-refractivity contribution >= 4 is 11.7 Å². The molecule has 0 heterocycles. The highest BCUT2D eigenvalue weighted by Crippen LogP contribution is 2.68. The summed E-state index contributed by atoms with van der Waals surface area (Å²) in [7, 11) is 0. The van der Waals surface area contributed by atoms with Crippen LogP contribution in [0.5, 0.6) is 0 Å². The van der Waals surface area contributed by atoms with E-state index in [-0.39, 0.29) is 17.1 Å². The van der Waals surface area contributed by atoms with Gasteiger partial charge in [-0.3, -0.25) is 9.59 Å². The van der Waals surface area contributed by atoms with Crippen molar-refractivity contribution in [1.82, 2.24) is 5.32 Å².